The van der Waals surface area contributed by atoms with Crippen molar-refractivity contribution < 1.29 is 14.6 Å². The minimum atomic E-state index is -0.885. The standard InChI is InChI=1S/C16H22N2O3/c1-2-10-21-15-12-18(16(19)20)9-8-14(15)17-11-13-6-4-3-5-7-13/h2-7,14-15,17H,1,8-12H2,(H,19,20). The van der Waals surface area contributed by atoms with Gasteiger partial charge in [-0.1, -0.05) is 36.4 Å². The van der Waals surface area contributed by atoms with Gasteiger partial charge in [0.05, 0.1) is 19.3 Å². The van der Waals surface area contributed by atoms with E-state index in [0.717, 1.165) is 13.0 Å². The van der Waals surface area contributed by atoms with Crippen LogP contribution in [-0.2, 0) is 11.3 Å². The number of carboxylic acid groups (broad SMARTS) is 1. The van der Waals surface area contributed by atoms with Crippen molar-refractivity contribution in [2.75, 3.05) is 19.7 Å². The lowest BCUT2D eigenvalue weighted by atomic mass is 10.0. The molecule has 2 rings (SSSR count). The average molecular weight is 290 g/mol. The van der Waals surface area contributed by atoms with Crippen LogP contribution in [0.2, 0.25) is 0 Å². The average Bonchev–Trinajstić information content (AvgIpc) is 2.52. The number of likely N-dealkylation sites (tertiary alicyclic amines) is 1. The molecule has 1 saturated heterocycles. The van der Waals surface area contributed by atoms with Crippen LogP contribution in [0.15, 0.2) is 43.0 Å². The molecule has 1 aromatic carbocycles. The molecule has 0 radical (unpaired) electrons. The highest BCUT2D eigenvalue weighted by Crippen LogP contribution is 2.15. The number of hydrogen-bond donors (Lipinski definition) is 2. The van der Waals surface area contributed by atoms with E-state index in [2.05, 4.69) is 24.0 Å². The number of nitrogens with one attached hydrogen (secondary N) is 1. The van der Waals surface area contributed by atoms with E-state index in [0.29, 0.717) is 19.7 Å². The molecule has 0 aliphatic carbocycles. The summed E-state index contributed by atoms with van der Waals surface area (Å²) in [5.41, 5.74) is 1.21. The first-order valence-electron chi connectivity index (χ1n) is 7.18. The van der Waals surface area contributed by atoms with E-state index in [1.54, 1.807) is 6.08 Å². The van der Waals surface area contributed by atoms with E-state index in [-0.39, 0.29) is 12.1 Å². The third kappa shape index (κ3) is 4.58. The molecule has 0 spiro atoms. The van der Waals surface area contributed by atoms with Crippen LogP contribution in [-0.4, -0.2) is 47.9 Å². The maximum atomic E-state index is 11.1. The third-order valence-corrected chi connectivity index (χ3v) is 3.67. The molecule has 5 nitrogen and oxygen atoms in total. The summed E-state index contributed by atoms with van der Waals surface area (Å²) >= 11 is 0. The van der Waals surface area contributed by atoms with Gasteiger partial charge in [0, 0.05) is 19.1 Å². The Morgan fingerprint density at radius 3 is 2.90 bits per heavy atom. The van der Waals surface area contributed by atoms with Crippen molar-refractivity contribution in [1.29, 1.82) is 0 Å². The van der Waals surface area contributed by atoms with Gasteiger partial charge in [-0.25, -0.2) is 4.79 Å². The summed E-state index contributed by atoms with van der Waals surface area (Å²) in [5, 5.41) is 12.6. The van der Waals surface area contributed by atoms with Crippen LogP contribution in [0.3, 0.4) is 0 Å². The Morgan fingerprint density at radius 2 is 2.24 bits per heavy atom. The molecule has 1 amide bonds. The number of carbonyl (C=O) groups is 1. The van der Waals surface area contributed by atoms with Gasteiger partial charge in [0.15, 0.2) is 0 Å². The predicted octanol–water partition coefficient (Wildman–Crippen LogP) is 2.10. The maximum Gasteiger partial charge on any atom is 0.407 e. The summed E-state index contributed by atoms with van der Waals surface area (Å²) in [4.78, 5) is 12.5. The van der Waals surface area contributed by atoms with Gasteiger partial charge in [0.1, 0.15) is 0 Å². The molecule has 1 heterocycles. The molecule has 114 valence electrons. The molecule has 0 bridgehead atoms. The molecule has 1 aliphatic heterocycles. The zero-order valence-corrected chi connectivity index (χ0v) is 12.1. The van der Waals surface area contributed by atoms with Gasteiger partial charge in [0.2, 0.25) is 0 Å². The van der Waals surface area contributed by atoms with Crippen molar-refractivity contribution in [3.63, 3.8) is 0 Å². The lowest BCUT2D eigenvalue weighted by Crippen LogP contribution is -2.54. The topological polar surface area (TPSA) is 61.8 Å². The molecule has 2 atom stereocenters. The number of amides is 1. The van der Waals surface area contributed by atoms with Gasteiger partial charge in [-0.05, 0) is 12.0 Å². The van der Waals surface area contributed by atoms with E-state index in [9.17, 15) is 4.79 Å². The zero-order chi connectivity index (χ0) is 15.1. The second-order valence-electron chi connectivity index (χ2n) is 5.15. The molecule has 2 N–H and O–H groups in total. The summed E-state index contributed by atoms with van der Waals surface area (Å²) in [6.07, 6.45) is 1.41. The lowest BCUT2D eigenvalue weighted by molar-refractivity contribution is -0.00625. The lowest BCUT2D eigenvalue weighted by Gasteiger charge is -2.37. The van der Waals surface area contributed by atoms with E-state index in [4.69, 9.17) is 9.84 Å². The smallest absolute Gasteiger partial charge is 0.407 e. The van der Waals surface area contributed by atoms with Gasteiger partial charge in [-0.3, -0.25) is 0 Å². The Balaban J connectivity index is 1.92. The summed E-state index contributed by atoms with van der Waals surface area (Å²) in [5.74, 6) is 0. The fraction of sp³-hybridized carbons (Fsp3) is 0.438. The number of piperidine rings is 1. The Hall–Kier alpha value is -1.85. The van der Waals surface area contributed by atoms with Crippen molar-refractivity contribution in [3.05, 3.63) is 48.6 Å². The fourth-order valence-electron chi connectivity index (χ4n) is 2.53. The summed E-state index contributed by atoms with van der Waals surface area (Å²) in [6, 6.07) is 10.3. The maximum absolute atomic E-state index is 11.1. The first-order chi connectivity index (χ1) is 10.2. The quantitative estimate of drug-likeness (QED) is 0.788. The van der Waals surface area contributed by atoms with Crippen LogP contribution in [0.25, 0.3) is 0 Å². The van der Waals surface area contributed by atoms with E-state index in [1.165, 1.54) is 10.5 Å². The third-order valence-electron chi connectivity index (χ3n) is 3.67. The molecule has 0 saturated carbocycles. The molecular weight excluding hydrogens is 268 g/mol. The van der Waals surface area contributed by atoms with Crippen molar-refractivity contribution in [2.45, 2.75) is 25.1 Å². The minimum Gasteiger partial charge on any atom is -0.465 e. The molecule has 21 heavy (non-hydrogen) atoms. The molecule has 5 heteroatoms. The highest BCUT2D eigenvalue weighted by atomic mass is 16.5. The number of ether oxygens (including phenoxy) is 1. The van der Waals surface area contributed by atoms with Crippen LogP contribution in [0.1, 0.15) is 12.0 Å². The van der Waals surface area contributed by atoms with Gasteiger partial charge in [0.25, 0.3) is 0 Å². The molecule has 0 aromatic heterocycles. The molecule has 1 aliphatic rings. The second-order valence-corrected chi connectivity index (χ2v) is 5.15. The first kappa shape index (κ1) is 15.5. The van der Waals surface area contributed by atoms with E-state index in [1.807, 2.05) is 18.2 Å². The van der Waals surface area contributed by atoms with Gasteiger partial charge in [-0.2, -0.15) is 0 Å². The van der Waals surface area contributed by atoms with Crippen molar-refractivity contribution in [1.82, 2.24) is 10.2 Å². The van der Waals surface area contributed by atoms with Crippen LogP contribution >= 0.6 is 0 Å². The number of hydrogen-bond acceptors (Lipinski definition) is 3. The van der Waals surface area contributed by atoms with Crippen molar-refractivity contribution in [3.8, 4) is 0 Å². The minimum absolute atomic E-state index is 0.142. The van der Waals surface area contributed by atoms with Crippen LogP contribution in [0.4, 0.5) is 4.79 Å². The van der Waals surface area contributed by atoms with Crippen molar-refractivity contribution >= 4 is 6.09 Å². The molecular formula is C16H22N2O3. The molecule has 1 aromatic rings. The zero-order valence-electron chi connectivity index (χ0n) is 12.1. The highest BCUT2D eigenvalue weighted by Gasteiger charge is 2.31. The normalized spacial score (nSPS) is 22.0. The van der Waals surface area contributed by atoms with Gasteiger partial charge >= 0.3 is 6.09 Å². The molecule has 2 unspecified atom stereocenters. The number of rotatable bonds is 6. The first-order valence-corrected chi connectivity index (χ1v) is 7.18. The van der Waals surface area contributed by atoms with E-state index >= 15 is 0 Å². The van der Waals surface area contributed by atoms with Gasteiger partial charge in [-0.15, -0.1) is 6.58 Å². The summed E-state index contributed by atoms with van der Waals surface area (Å²) in [6.45, 7) is 5.77. The largest absolute Gasteiger partial charge is 0.465 e. The van der Waals surface area contributed by atoms with Gasteiger partial charge < -0.3 is 20.1 Å². The molecule has 1 fully saturated rings. The van der Waals surface area contributed by atoms with Crippen LogP contribution < -0.4 is 5.32 Å². The number of nitrogens with zero attached hydrogens (tertiary/aromatic N) is 1. The summed E-state index contributed by atoms with van der Waals surface area (Å²) < 4.78 is 5.73. The monoisotopic (exact) mass is 290 g/mol. The van der Waals surface area contributed by atoms with Crippen molar-refractivity contribution in [2.24, 2.45) is 0 Å². The fourth-order valence-corrected chi connectivity index (χ4v) is 2.53. The van der Waals surface area contributed by atoms with Crippen LogP contribution in [0, 0.1) is 0 Å². The number of benzene rings is 1. The highest BCUT2D eigenvalue weighted by molar-refractivity contribution is 5.65. The predicted molar refractivity (Wildman–Crippen MR) is 81.2 cm³/mol. The Morgan fingerprint density at radius 1 is 1.48 bits per heavy atom. The van der Waals surface area contributed by atoms with E-state index < -0.39 is 6.09 Å². The SMILES string of the molecule is C=CCOC1CN(C(=O)O)CCC1NCc1ccccc1. The Labute approximate surface area is 125 Å². The summed E-state index contributed by atoms with van der Waals surface area (Å²) in [7, 11) is 0. The second kappa shape index (κ2) is 7.81. The Bertz CT molecular complexity index is 464. The van der Waals surface area contributed by atoms with Crippen LogP contribution in [0.5, 0.6) is 0 Å². The Kier molecular flexibility index (Phi) is 5.78.